The van der Waals surface area contributed by atoms with Gasteiger partial charge in [-0.3, -0.25) is 23.4 Å². The normalized spacial score (nSPS) is 28.2. The molecule has 4 unspecified atom stereocenters. The summed E-state index contributed by atoms with van der Waals surface area (Å²) in [5.41, 5.74) is 1.45. The van der Waals surface area contributed by atoms with E-state index in [1.807, 2.05) is 26.0 Å². The highest BCUT2D eigenvalue weighted by molar-refractivity contribution is 14.1. The number of aromatic nitrogens is 2. The predicted molar refractivity (Wildman–Crippen MR) is 113 cm³/mol. The van der Waals surface area contributed by atoms with Gasteiger partial charge in [0.2, 0.25) is 0 Å². The summed E-state index contributed by atoms with van der Waals surface area (Å²) in [6.07, 6.45) is -1.17. The van der Waals surface area contributed by atoms with Crippen molar-refractivity contribution in [3.8, 4) is 5.75 Å². The molecule has 3 heterocycles. The number of phosphoric ester groups is 1. The van der Waals surface area contributed by atoms with Crippen LogP contribution in [0.15, 0.2) is 27.9 Å². The lowest BCUT2D eigenvalue weighted by molar-refractivity contribution is -0.0469. The van der Waals surface area contributed by atoms with Crippen molar-refractivity contribution in [3.63, 3.8) is 0 Å². The number of phosphoric acid groups is 1. The number of aliphatic hydroxyl groups excluding tert-OH is 1. The van der Waals surface area contributed by atoms with Crippen LogP contribution in [0.2, 0.25) is 0 Å². The minimum absolute atomic E-state index is 0.0854. The van der Waals surface area contributed by atoms with Crippen molar-refractivity contribution in [2.75, 3.05) is 6.61 Å². The van der Waals surface area contributed by atoms with Crippen LogP contribution < -0.4 is 15.8 Å². The minimum Gasteiger partial charge on any atom is -0.403 e. The van der Waals surface area contributed by atoms with E-state index in [9.17, 15) is 19.3 Å². The second-order valence-electron chi connectivity index (χ2n) is 7.19. The zero-order chi connectivity index (χ0) is 21.6. The third-order valence-corrected chi connectivity index (χ3v) is 7.18. The first-order chi connectivity index (χ1) is 14.2. The topological polar surface area (TPSA) is 129 Å². The average Bonchev–Trinajstić information content (AvgIpc) is 3.06. The van der Waals surface area contributed by atoms with Crippen molar-refractivity contribution in [1.82, 2.24) is 9.55 Å². The fourth-order valence-electron chi connectivity index (χ4n) is 3.37. The Bertz CT molecular complexity index is 1150. The molecule has 2 aromatic rings. The summed E-state index contributed by atoms with van der Waals surface area (Å²) in [5.74, 6) is 0.477. The third kappa shape index (κ3) is 4.14. The van der Waals surface area contributed by atoms with Gasteiger partial charge in [0.25, 0.3) is 5.56 Å². The Labute approximate surface area is 184 Å². The first kappa shape index (κ1) is 21.7. The van der Waals surface area contributed by atoms with Gasteiger partial charge in [-0.25, -0.2) is 9.36 Å². The molecule has 0 radical (unpaired) electrons. The molecule has 10 nitrogen and oxygen atoms in total. The maximum Gasteiger partial charge on any atom is 0.530 e. The molecule has 1 saturated heterocycles. The summed E-state index contributed by atoms with van der Waals surface area (Å²) in [7, 11) is -3.90. The van der Waals surface area contributed by atoms with Gasteiger partial charge in [-0.1, -0.05) is 12.1 Å². The number of hydrogen-bond donors (Lipinski definition) is 2. The van der Waals surface area contributed by atoms with Crippen molar-refractivity contribution in [3.05, 3.63) is 59.4 Å². The molecule has 0 spiro atoms. The van der Waals surface area contributed by atoms with Gasteiger partial charge in [0.15, 0.2) is 0 Å². The Hall–Kier alpha value is -1.50. The number of H-pyrrole nitrogens is 1. The average molecular weight is 548 g/mol. The number of fused-ring (bicyclic) bond motifs is 1. The Morgan fingerprint density at radius 2 is 2.07 bits per heavy atom. The molecule has 2 aliphatic rings. The molecule has 0 aliphatic carbocycles. The first-order valence-corrected chi connectivity index (χ1v) is 11.7. The monoisotopic (exact) mass is 548 g/mol. The van der Waals surface area contributed by atoms with Crippen molar-refractivity contribution >= 4 is 30.4 Å². The van der Waals surface area contributed by atoms with Gasteiger partial charge in [-0.05, 0) is 47.6 Å². The summed E-state index contributed by atoms with van der Waals surface area (Å²) in [6.45, 7) is 3.57. The maximum absolute atomic E-state index is 12.9. The van der Waals surface area contributed by atoms with Gasteiger partial charge in [-0.2, -0.15) is 0 Å². The lowest BCUT2D eigenvalue weighted by Crippen LogP contribution is -2.33. The molecule has 0 amide bonds. The molecule has 4 atom stereocenters. The van der Waals surface area contributed by atoms with E-state index < -0.39 is 37.5 Å². The number of ether oxygens (including phenoxy) is 1. The lowest BCUT2D eigenvalue weighted by Gasteiger charge is -2.28. The number of benzene rings is 1. The number of aryl methyl sites for hydroxylation is 2. The Morgan fingerprint density at radius 3 is 2.83 bits per heavy atom. The zero-order valence-corrected chi connectivity index (χ0v) is 19.2. The molecule has 1 fully saturated rings. The van der Waals surface area contributed by atoms with Crippen LogP contribution in [0.1, 0.15) is 29.3 Å². The molecule has 1 aromatic heterocycles. The van der Waals surface area contributed by atoms with Gasteiger partial charge in [0, 0.05) is 18.2 Å². The van der Waals surface area contributed by atoms with Crippen LogP contribution in [0.5, 0.6) is 5.75 Å². The van der Waals surface area contributed by atoms with Gasteiger partial charge in [0.1, 0.15) is 18.1 Å². The van der Waals surface area contributed by atoms with E-state index in [0.29, 0.717) is 9.32 Å². The van der Waals surface area contributed by atoms with Crippen LogP contribution in [0, 0.1) is 17.4 Å². The van der Waals surface area contributed by atoms with Crippen molar-refractivity contribution in [2.24, 2.45) is 0 Å². The smallest absolute Gasteiger partial charge is 0.403 e. The van der Waals surface area contributed by atoms with Crippen molar-refractivity contribution < 1.29 is 28.0 Å². The van der Waals surface area contributed by atoms with Crippen LogP contribution in [0.25, 0.3) is 0 Å². The number of aliphatic hydroxyl groups is 1. The quantitative estimate of drug-likeness (QED) is 0.440. The van der Waals surface area contributed by atoms with Gasteiger partial charge in [0.05, 0.1) is 22.9 Å². The van der Waals surface area contributed by atoms with E-state index in [1.54, 1.807) is 22.6 Å². The standard InChI is InChI=1S/C18H20IN2O8P/c1-9-3-4-10(2)16-11(9)7-26-30(25,29-16)27-8-14-13(22)5-15(28-14)21-6-12(19)17(23)20-18(21)24/h3-4,6,13-15,22H,5,7-8H2,1-2H3,(H,20,23,24)/i19-2. The summed E-state index contributed by atoms with van der Waals surface area (Å²) in [5, 5.41) is 10.3. The molecular formula is C18H20IN2O8P. The van der Waals surface area contributed by atoms with Gasteiger partial charge in [-0.15, -0.1) is 0 Å². The molecule has 0 bridgehead atoms. The highest BCUT2D eigenvalue weighted by Gasteiger charge is 2.41. The number of nitrogens with one attached hydrogen (secondary N) is 1. The highest BCUT2D eigenvalue weighted by Crippen LogP contribution is 2.56. The fourth-order valence-corrected chi connectivity index (χ4v) is 5.08. The lowest BCUT2D eigenvalue weighted by atomic mass is 10.0. The zero-order valence-electron chi connectivity index (χ0n) is 16.2. The fraction of sp³-hybridized carbons (Fsp3) is 0.444. The number of nitrogens with zero attached hydrogens (tertiary/aromatic N) is 1. The van der Waals surface area contributed by atoms with Crippen LogP contribution in [-0.2, 0) is 25.0 Å². The SMILES string of the molecule is Cc1ccc(C)c2c1COP(=O)(OCC1OC(n3cc([125I])c(=O)[nH]c3=O)CC1O)O2. The number of rotatable bonds is 4. The Kier molecular flexibility index (Phi) is 5.94. The first-order valence-electron chi connectivity index (χ1n) is 9.19. The largest absolute Gasteiger partial charge is 0.530 e. The molecule has 12 heteroatoms. The molecule has 2 aliphatic heterocycles. The third-order valence-electron chi connectivity index (χ3n) is 5.10. The van der Waals surface area contributed by atoms with E-state index in [2.05, 4.69) is 4.98 Å². The van der Waals surface area contributed by atoms with Crippen molar-refractivity contribution in [1.29, 1.82) is 0 Å². The van der Waals surface area contributed by atoms with Crippen LogP contribution in [-0.4, -0.2) is 33.5 Å². The van der Waals surface area contributed by atoms with Gasteiger partial charge >= 0.3 is 13.5 Å². The van der Waals surface area contributed by atoms with Crippen LogP contribution in [0.3, 0.4) is 0 Å². The maximum atomic E-state index is 12.9. The minimum atomic E-state index is -3.90. The molecular weight excluding hydrogens is 528 g/mol. The number of aromatic amines is 1. The summed E-state index contributed by atoms with van der Waals surface area (Å²) >= 11 is 1.80. The second kappa shape index (κ2) is 8.21. The predicted octanol–water partition coefficient (Wildman–Crippen LogP) is 2.14. The van der Waals surface area contributed by atoms with E-state index in [0.717, 1.165) is 16.7 Å². The summed E-state index contributed by atoms with van der Waals surface area (Å²) < 4.78 is 36.5. The molecule has 162 valence electrons. The van der Waals surface area contributed by atoms with Crippen LogP contribution in [0.4, 0.5) is 0 Å². The Morgan fingerprint density at radius 1 is 1.33 bits per heavy atom. The van der Waals surface area contributed by atoms with E-state index in [4.69, 9.17) is 18.3 Å². The number of halogens is 1. The van der Waals surface area contributed by atoms with Gasteiger partial charge < -0.3 is 14.4 Å². The number of hydrogen-bond acceptors (Lipinski definition) is 8. The van der Waals surface area contributed by atoms with E-state index in [1.165, 1.54) is 10.8 Å². The molecule has 0 saturated carbocycles. The van der Waals surface area contributed by atoms with E-state index in [-0.39, 0.29) is 19.6 Å². The molecule has 1 aromatic carbocycles. The van der Waals surface area contributed by atoms with Crippen molar-refractivity contribution in [2.45, 2.75) is 45.3 Å². The summed E-state index contributed by atoms with van der Waals surface area (Å²) in [6, 6.07) is 3.79. The molecule has 4 rings (SSSR count). The Balaban J connectivity index is 1.45. The van der Waals surface area contributed by atoms with Crippen LogP contribution >= 0.6 is 30.4 Å². The molecule has 30 heavy (non-hydrogen) atoms. The highest BCUT2D eigenvalue weighted by atomic mass is 125. The summed E-state index contributed by atoms with van der Waals surface area (Å²) in [4.78, 5) is 25.8. The molecule has 2 N–H and O–H groups in total. The second-order valence-corrected chi connectivity index (χ2v) is 9.95. The van der Waals surface area contributed by atoms with E-state index >= 15 is 0 Å².